The number of ether oxygens (including phenoxy) is 1. The summed E-state index contributed by atoms with van der Waals surface area (Å²) in [6.45, 7) is 0. The van der Waals surface area contributed by atoms with Gasteiger partial charge in [-0.25, -0.2) is 18.1 Å². The zero-order chi connectivity index (χ0) is 13.2. The fourth-order valence-corrected chi connectivity index (χ4v) is 2.30. The number of hydrogen-bond donors (Lipinski definition) is 2. The van der Waals surface area contributed by atoms with Crippen LogP contribution in [0, 0.1) is 0 Å². The van der Waals surface area contributed by atoms with Crippen LogP contribution in [0.5, 0.6) is 5.88 Å². The van der Waals surface area contributed by atoms with Crippen LogP contribution in [0.15, 0.2) is 29.4 Å². The number of hydrogen-bond acceptors (Lipinski definition) is 5. The monoisotopic (exact) mass is 288 g/mol. The molecule has 2 aromatic heterocycles. The molecule has 0 aromatic carbocycles. The fourth-order valence-electron chi connectivity index (χ4n) is 1.20. The minimum Gasteiger partial charge on any atom is -0.481 e. The average Bonchev–Trinajstić information content (AvgIpc) is 2.81. The SMILES string of the molecule is COc1cc(Cl)nc(NS(=O)(=O)c2cc[nH]c2)n1. The Bertz CT molecular complexity index is 642. The molecule has 0 amide bonds. The molecule has 18 heavy (non-hydrogen) atoms. The van der Waals surface area contributed by atoms with E-state index in [0.717, 1.165) is 0 Å². The second-order valence-corrected chi connectivity index (χ2v) is 5.28. The van der Waals surface area contributed by atoms with Crippen LogP contribution in [0.4, 0.5) is 5.95 Å². The van der Waals surface area contributed by atoms with E-state index in [-0.39, 0.29) is 21.9 Å². The van der Waals surface area contributed by atoms with Crippen molar-refractivity contribution in [1.29, 1.82) is 0 Å². The first-order valence-corrected chi connectivity index (χ1v) is 6.61. The molecule has 0 unspecified atom stereocenters. The van der Waals surface area contributed by atoms with Crippen molar-refractivity contribution < 1.29 is 13.2 Å². The highest BCUT2D eigenvalue weighted by Gasteiger charge is 2.16. The third-order valence-electron chi connectivity index (χ3n) is 1.99. The summed E-state index contributed by atoms with van der Waals surface area (Å²) in [7, 11) is -2.34. The van der Waals surface area contributed by atoms with E-state index in [1.165, 1.54) is 31.6 Å². The number of halogens is 1. The summed E-state index contributed by atoms with van der Waals surface area (Å²) in [5.41, 5.74) is 0. The van der Waals surface area contributed by atoms with E-state index in [9.17, 15) is 8.42 Å². The van der Waals surface area contributed by atoms with Crippen molar-refractivity contribution in [3.05, 3.63) is 29.7 Å². The molecule has 2 aromatic rings. The second kappa shape index (κ2) is 4.83. The van der Waals surface area contributed by atoms with Gasteiger partial charge in [-0.2, -0.15) is 4.98 Å². The van der Waals surface area contributed by atoms with Gasteiger partial charge in [0.2, 0.25) is 11.8 Å². The lowest BCUT2D eigenvalue weighted by Gasteiger charge is -2.06. The molecule has 0 fully saturated rings. The number of methoxy groups -OCH3 is 1. The van der Waals surface area contributed by atoms with Gasteiger partial charge < -0.3 is 9.72 Å². The Balaban J connectivity index is 2.32. The van der Waals surface area contributed by atoms with Gasteiger partial charge in [0.25, 0.3) is 10.0 Å². The third kappa shape index (κ3) is 2.71. The zero-order valence-electron chi connectivity index (χ0n) is 9.21. The van der Waals surface area contributed by atoms with Crippen LogP contribution in [-0.2, 0) is 10.0 Å². The van der Waals surface area contributed by atoms with E-state index < -0.39 is 10.0 Å². The summed E-state index contributed by atoms with van der Waals surface area (Å²) in [6.07, 6.45) is 2.83. The summed E-state index contributed by atoms with van der Waals surface area (Å²) in [4.78, 5) is 10.3. The van der Waals surface area contributed by atoms with Gasteiger partial charge >= 0.3 is 0 Å². The van der Waals surface area contributed by atoms with Gasteiger partial charge in [-0.15, -0.1) is 0 Å². The fraction of sp³-hybridized carbons (Fsp3) is 0.111. The molecule has 9 heteroatoms. The predicted octanol–water partition coefficient (Wildman–Crippen LogP) is 1.27. The number of anilines is 1. The highest BCUT2D eigenvalue weighted by Crippen LogP contribution is 2.18. The summed E-state index contributed by atoms with van der Waals surface area (Å²) in [5.74, 6) is 0.0160. The number of aromatic amines is 1. The van der Waals surface area contributed by atoms with Crippen LogP contribution in [0.1, 0.15) is 0 Å². The smallest absolute Gasteiger partial charge is 0.265 e. The number of H-pyrrole nitrogens is 1. The quantitative estimate of drug-likeness (QED) is 0.826. The highest BCUT2D eigenvalue weighted by molar-refractivity contribution is 7.92. The maximum absolute atomic E-state index is 11.9. The lowest BCUT2D eigenvalue weighted by molar-refractivity contribution is 0.397. The van der Waals surface area contributed by atoms with E-state index in [1.807, 2.05) is 0 Å². The van der Waals surface area contributed by atoms with Crippen molar-refractivity contribution >= 4 is 27.6 Å². The van der Waals surface area contributed by atoms with Gasteiger partial charge in [-0.3, -0.25) is 0 Å². The number of rotatable bonds is 4. The molecule has 0 bridgehead atoms. The summed E-state index contributed by atoms with van der Waals surface area (Å²) in [5, 5.41) is 0.0774. The molecule has 7 nitrogen and oxygen atoms in total. The third-order valence-corrected chi connectivity index (χ3v) is 3.51. The van der Waals surface area contributed by atoms with Gasteiger partial charge in [-0.05, 0) is 6.07 Å². The first kappa shape index (κ1) is 12.7. The maximum atomic E-state index is 11.9. The molecule has 2 rings (SSSR count). The van der Waals surface area contributed by atoms with E-state index in [1.54, 1.807) is 0 Å². The van der Waals surface area contributed by atoms with Crippen molar-refractivity contribution in [3.8, 4) is 5.88 Å². The Hall–Kier alpha value is -1.80. The van der Waals surface area contributed by atoms with Gasteiger partial charge in [-0.1, -0.05) is 11.6 Å². The van der Waals surface area contributed by atoms with Crippen LogP contribution in [-0.4, -0.2) is 30.5 Å². The molecule has 2 heterocycles. The van der Waals surface area contributed by atoms with Crippen molar-refractivity contribution in [3.63, 3.8) is 0 Å². The molecule has 0 aliphatic heterocycles. The number of aromatic nitrogens is 3. The van der Waals surface area contributed by atoms with E-state index in [0.29, 0.717) is 0 Å². The summed E-state index contributed by atoms with van der Waals surface area (Å²) < 4.78 is 30.8. The van der Waals surface area contributed by atoms with E-state index >= 15 is 0 Å². The van der Waals surface area contributed by atoms with Crippen LogP contribution in [0.3, 0.4) is 0 Å². The first-order chi connectivity index (χ1) is 8.51. The average molecular weight is 289 g/mol. The standard InChI is InChI=1S/C9H9ClN4O3S/c1-17-8-4-7(10)12-9(13-8)14-18(15,16)6-2-3-11-5-6/h2-5,11H,1H3,(H,12,13,14). The molecule has 0 spiro atoms. The van der Waals surface area contributed by atoms with E-state index in [4.69, 9.17) is 16.3 Å². The van der Waals surface area contributed by atoms with Crippen LogP contribution in [0.2, 0.25) is 5.15 Å². The number of sulfonamides is 1. The van der Waals surface area contributed by atoms with Gasteiger partial charge in [0.1, 0.15) is 10.0 Å². The van der Waals surface area contributed by atoms with E-state index in [2.05, 4.69) is 19.7 Å². The lowest BCUT2D eigenvalue weighted by Crippen LogP contribution is -2.14. The Morgan fingerprint density at radius 1 is 1.44 bits per heavy atom. The molecule has 2 N–H and O–H groups in total. The molecular formula is C9H9ClN4O3S. The molecule has 0 aliphatic rings. The molecular weight excluding hydrogens is 280 g/mol. The molecule has 0 saturated heterocycles. The Morgan fingerprint density at radius 2 is 2.22 bits per heavy atom. The molecule has 0 atom stereocenters. The Kier molecular flexibility index (Phi) is 3.39. The van der Waals surface area contributed by atoms with Crippen molar-refractivity contribution in [1.82, 2.24) is 15.0 Å². The van der Waals surface area contributed by atoms with Crippen molar-refractivity contribution in [2.45, 2.75) is 4.90 Å². The van der Waals surface area contributed by atoms with Crippen LogP contribution < -0.4 is 9.46 Å². The number of nitrogens with zero attached hydrogens (tertiary/aromatic N) is 2. The Labute approximate surface area is 108 Å². The lowest BCUT2D eigenvalue weighted by atomic mass is 10.6. The van der Waals surface area contributed by atoms with Gasteiger partial charge in [0.05, 0.1) is 7.11 Å². The molecule has 0 saturated carbocycles. The molecule has 0 radical (unpaired) electrons. The van der Waals surface area contributed by atoms with Gasteiger partial charge in [0, 0.05) is 18.5 Å². The normalized spacial score (nSPS) is 11.2. The molecule has 96 valence electrons. The maximum Gasteiger partial charge on any atom is 0.265 e. The highest BCUT2D eigenvalue weighted by atomic mass is 35.5. The predicted molar refractivity (Wildman–Crippen MR) is 65.2 cm³/mol. The van der Waals surface area contributed by atoms with Crippen molar-refractivity contribution in [2.75, 3.05) is 11.8 Å². The largest absolute Gasteiger partial charge is 0.481 e. The number of nitrogens with one attached hydrogen (secondary N) is 2. The van der Waals surface area contributed by atoms with Crippen LogP contribution >= 0.6 is 11.6 Å². The zero-order valence-corrected chi connectivity index (χ0v) is 10.8. The summed E-state index contributed by atoms with van der Waals surface area (Å²) in [6, 6.07) is 2.78. The van der Waals surface area contributed by atoms with Crippen molar-refractivity contribution in [2.24, 2.45) is 0 Å². The summed E-state index contributed by atoms with van der Waals surface area (Å²) >= 11 is 5.71. The second-order valence-electron chi connectivity index (χ2n) is 3.21. The Morgan fingerprint density at radius 3 is 2.83 bits per heavy atom. The van der Waals surface area contributed by atoms with Crippen LogP contribution in [0.25, 0.3) is 0 Å². The minimum absolute atomic E-state index is 0.0741. The minimum atomic E-state index is -3.73. The topological polar surface area (TPSA) is 97.0 Å². The van der Waals surface area contributed by atoms with Gasteiger partial charge in [0.15, 0.2) is 0 Å². The molecule has 0 aliphatic carbocycles. The first-order valence-electron chi connectivity index (χ1n) is 4.75.